The van der Waals surface area contributed by atoms with E-state index in [2.05, 4.69) is 28.6 Å². The van der Waals surface area contributed by atoms with Gasteiger partial charge in [-0.1, -0.05) is 18.5 Å². The van der Waals surface area contributed by atoms with Crippen molar-refractivity contribution < 1.29 is 0 Å². The summed E-state index contributed by atoms with van der Waals surface area (Å²) in [5.74, 6) is 1.42. The zero-order valence-electron chi connectivity index (χ0n) is 11.6. The van der Waals surface area contributed by atoms with E-state index in [1.165, 1.54) is 6.42 Å². The van der Waals surface area contributed by atoms with Crippen LogP contribution in [0.2, 0.25) is 5.02 Å². The van der Waals surface area contributed by atoms with Gasteiger partial charge < -0.3 is 4.90 Å². The Labute approximate surface area is 125 Å². The van der Waals surface area contributed by atoms with Crippen molar-refractivity contribution in [2.45, 2.75) is 32.2 Å². The lowest BCUT2D eigenvalue weighted by Gasteiger charge is -2.38. The van der Waals surface area contributed by atoms with Crippen molar-refractivity contribution in [3.63, 3.8) is 0 Å². The average Bonchev–Trinajstić information content (AvgIpc) is 2.47. The van der Waals surface area contributed by atoms with Crippen molar-refractivity contribution in [1.29, 1.82) is 0 Å². The standard InChI is InChI=1S/C14H21Cl2N3/c1-3-11(2)18-4-6-19(7-5-18)14-8-12(9-15)13(16)10-17-14/h8,10-11H,3-7,9H2,1-2H3. The van der Waals surface area contributed by atoms with E-state index < -0.39 is 0 Å². The molecular weight excluding hydrogens is 281 g/mol. The van der Waals surface area contributed by atoms with E-state index in [1.807, 2.05) is 6.07 Å². The second-order valence-corrected chi connectivity index (χ2v) is 5.72. The summed E-state index contributed by atoms with van der Waals surface area (Å²) in [7, 11) is 0. The van der Waals surface area contributed by atoms with E-state index in [0.717, 1.165) is 37.6 Å². The van der Waals surface area contributed by atoms with Crippen molar-refractivity contribution in [3.05, 3.63) is 22.8 Å². The largest absolute Gasteiger partial charge is 0.354 e. The molecule has 0 saturated carbocycles. The smallest absolute Gasteiger partial charge is 0.128 e. The summed E-state index contributed by atoms with van der Waals surface area (Å²) in [5.41, 5.74) is 0.956. The molecule has 0 N–H and O–H groups in total. The fraction of sp³-hybridized carbons (Fsp3) is 0.643. The summed E-state index contributed by atoms with van der Waals surface area (Å²) >= 11 is 11.9. The fourth-order valence-electron chi connectivity index (χ4n) is 2.39. The Morgan fingerprint density at radius 2 is 2.00 bits per heavy atom. The number of rotatable bonds is 4. The van der Waals surface area contributed by atoms with Gasteiger partial charge in [0.1, 0.15) is 5.82 Å². The Morgan fingerprint density at radius 3 is 2.58 bits per heavy atom. The van der Waals surface area contributed by atoms with E-state index in [-0.39, 0.29) is 0 Å². The zero-order valence-corrected chi connectivity index (χ0v) is 13.1. The predicted octanol–water partition coefficient (Wildman–Crippen LogP) is 3.39. The number of alkyl halides is 1. The lowest BCUT2D eigenvalue weighted by atomic mass is 10.2. The summed E-state index contributed by atoms with van der Waals surface area (Å²) in [6.45, 7) is 8.75. The van der Waals surface area contributed by atoms with E-state index in [1.54, 1.807) is 6.20 Å². The first-order valence-electron chi connectivity index (χ1n) is 6.85. The van der Waals surface area contributed by atoms with Crippen molar-refractivity contribution in [3.8, 4) is 0 Å². The zero-order chi connectivity index (χ0) is 13.8. The second-order valence-electron chi connectivity index (χ2n) is 5.05. The van der Waals surface area contributed by atoms with Gasteiger partial charge in [-0.15, -0.1) is 11.6 Å². The Balaban J connectivity index is 2.01. The third-order valence-electron chi connectivity index (χ3n) is 3.92. The van der Waals surface area contributed by atoms with Gasteiger partial charge in [-0.3, -0.25) is 4.90 Å². The quantitative estimate of drug-likeness (QED) is 0.795. The maximum Gasteiger partial charge on any atom is 0.128 e. The predicted molar refractivity (Wildman–Crippen MR) is 82.3 cm³/mol. The molecule has 106 valence electrons. The minimum absolute atomic E-state index is 0.432. The molecule has 0 spiro atoms. The van der Waals surface area contributed by atoms with Crippen molar-refractivity contribution in [2.75, 3.05) is 31.1 Å². The minimum atomic E-state index is 0.432. The van der Waals surface area contributed by atoms with Crippen molar-refractivity contribution >= 4 is 29.0 Å². The molecule has 0 radical (unpaired) electrons. The lowest BCUT2D eigenvalue weighted by molar-refractivity contribution is 0.192. The number of piperazine rings is 1. The summed E-state index contributed by atoms with van der Waals surface area (Å²) in [4.78, 5) is 9.26. The van der Waals surface area contributed by atoms with Gasteiger partial charge in [-0.05, 0) is 25.0 Å². The molecule has 2 heterocycles. The highest BCUT2D eigenvalue weighted by Crippen LogP contribution is 2.23. The molecule has 1 aromatic heterocycles. The molecular formula is C14H21Cl2N3. The highest BCUT2D eigenvalue weighted by atomic mass is 35.5. The molecule has 0 aromatic carbocycles. The third kappa shape index (κ3) is 3.53. The maximum atomic E-state index is 6.05. The van der Waals surface area contributed by atoms with E-state index in [9.17, 15) is 0 Å². The van der Waals surface area contributed by atoms with Gasteiger partial charge in [0.25, 0.3) is 0 Å². The summed E-state index contributed by atoms with van der Waals surface area (Å²) in [6, 6.07) is 2.67. The van der Waals surface area contributed by atoms with Gasteiger partial charge >= 0.3 is 0 Å². The molecule has 3 nitrogen and oxygen atoms in total. The molecule has 0 amide bonds. The minimum Gasteiger partial charge on any atom is -0.354 e. The Bertz CT molecular complexity index is 417. The number of anilines is 1. The van der Waals surface area contributed by atoms with Crippen LogP contribution in [0.4, 0.5) is 5.82 Å². The van der Waals surface area contributed by atoms with Gasteiger partial charge in [-0.25, -0.2) is 4.98 Å². The number of hydrogen-bond acceptors (Lipinski definition) is 3. The molecule has 1 aromatic rings. The number of halogens is 2. The van der Waals surface area contributed by atoms with Crippen molar-refractivity contribution in [2.24, 2.45) is 0 Å². The summed E-state index contributed by atoms with van der Waals surface area (Å²) in [5, 5.41) is 0.650. The van der Waals surface area contributed by atoms with Crippen LogP contribution in [0, 0.1) is 0 Å². The topological polar surface area (TPSA) is 19.4 Å². The molecule has 1 aliphatic rings. The molecule has 1 fully saturated rings. The molecule has 1 aliphatic heterocycles. The van der Waals surface area contributed by atoms with Gasteiger partial charge in [0, 0.05) is 44.3 Å². The highest BCUT2D eigenvalue weighted by Gasteiger charge is 2.21. The number of hydrogen-bond donors (Lipinski definition) is 0. The monoisotopic (exact) mass is 301 g/mol. The summed E-state index contributed by atoms with van der Waals surface area (Å²) in [6.07, 6.45) is 2.91. The van der Waals surface area contributed by atoms with Crippen LogP contribution in [0.25, 0.3) is 0 Å². The van der Waals surface area contributed by atoms with Crippen LogP contribution in [0.1, 0.15) is 25.8 Å². The molecule has 19 heavy (non-hydrogen) atoms. The molecule has 5 heteroatoms. The fourth-order valence-corrected chi connectivity index (χ4v) is 2.85. The highest BCUT2D eigenvalue weighted by molar-refractivity contribution is 6.32. The normalized spacial score (nSPS) is 18.6. The number of pyridine rings is 1. The van der Waals surface area contributed by atoms with Gasteiger partial charge in [-0.2, -0.15) is 0 Å². The van der Waals surface area contributed by atoms with Crippen LogP contribution in [0.15, 0.2) is 12.3 Å². The lowest BCUT2D eigenvalue weighted by Crippen LogP contribution is -2.49. The van der Waals surface area contributed by atoms with Crippen LogP contribution >= 0.6 is 23.2 Å². The van der Waals surface area contributed by atoms with E-state index in [0.29, 0.717) is 16.9 Å². The van der Waals surface area contributed by atoms with E-state index >= 15 is 0 Å². The third-order valence-corrected chi connectivity index (χ3v) is 4.54. The van der Waals surface area contributed by atoms with Crippen LogP contribution < -0.4 is 4.90 Å². The number of aromatic nitrogens is 1. The molecule has 0 bridgehead atoms. The van der Waals surface area contributed by atoms with Crippen LogP contribution in [0.3, 0.4) is 0 Å². The second kappa shape index (κ2) is 6.78. The van der Waals surface area contributed by atoms with Gasteiger partial charge in [0.05, 0.1) is 5.02 Å². The molecule has 2 rings (SSSR count). The molecule has 1 atom stereocenters. The SMILES string of the molecule is CCC(C)N1CCN(c2cc(CCl)c(Cl)cn2)CC1. The van der Waals surface area contributed by atoms with Crippen LogP contribution in [-0.2, 0) is 5.88 Å². The Kier molecular flexibility index (Phi) is 5.31. The first kappa shape index (κ1) is 14.9. The van der Waals surface area contributed by atoms with Gasteiger partial charge in [0.2, 0.25) is 0 Å². The van der Waals surface area contributed by atoms with Crippen LogP contribution in [0.5, 0.6) is 0 Å². The molecule has 1 unspecified atom stereocenters. The van der Waals surface area contributed by atoms with Crippen molar-refractivity contribution in [1.82, 2.24) is 9.88 Å². The Morgan fingerprint density at radius 1 is 1.32 bits per heavy atom. The van der Waals surface area contributed by atoms with Crippen LogP contribution in [-0.4, -0.2) is 42.1 Å². The first-order chi connectivity index (χ1) is 9.15. The molecule has 0 aliphatic carbocycles. The summed E-state index contributed by atoms with van der Waals surface area (Å²) < 4.78 is 0. The maximum absolute atomic E-state index is 6.05. The molecule has 1 saturated heterocycles. The average molecular weight is 302 g/mol. The Hall–Kier alpha value is -0.510. The number of nitrogens with zero attached hydrogens (tertiary/aromatic N) is 3. The first-order valence-corrected chi connectivity index (χ1v) is 7.76. The van der Waals surface area contributed by atoms with E-state index in [4.69, 9.17) is 23.2 Å². The van der Waals surface area contributed by atoms with Gasteiger partial charge in [0.15, 0.2) is 0 Å².